The number of pyridine rings is 1. The lowest BCUT2D eigenvalue weighted by Crippen LogP contribution is -2.14. The molecule has 0 bridgehead atoms. The van der Waals surface area contributed by atoms with E-state index in [0.29, 0.717) is 11.2 Å². The molecule has 2 aromatic heterocycles. The van der Waals surface area contributed by atoms with Gasteiger partial charge in [-0.3, -0.25) is 15.1 Å². The fourth-order valence-electron chi connectivity index (χ4n) is 2.29. The summed E-state index contributed by atoms with van der Waals surface area (Å²) in [5, 5.41) is 15.4. The van der Waals surface area contributed by atoms with Gasteiger partial charge >= 0.3 is 5.69 Å². The van der Waals surface area contributed by atoms with Gasteiger partial charge < -0.3 is 10.2 Å². The van der Waals surface area contributed by atoms with E-state index in [4.69, 9.17) is 0 Å². The van der Waals surface area contributed by atoms with Crippen LogP contribution < -0.4 is 10.2 Å². The van der Waals surface area contributed by atoms with Gasteiger partial charge in [0.05, 0.1) is 16.1 Å². The molecule has 0 aliphatic heterocycles. The Bertz CT molecular complexity index is 875. The van der Waals surface area contributed by atoms with Crippen molar-refractivity contribution in [3.8, 4) is 0 Å². The maximum absolute atomic E-state index is 11.4. The van der Waals surface area contributed by atoms with Gasteiger partial charge in [-0.25, -0.2) is 9.97 Å². The second-order valence-electron chi connectivity index (χ2n) is 5.05. The molecule has 1 N–H and O–H groups in total. The third kappa shape index (κ3) is 2.73. The number of hydrogen-bond acceptors (Lipinski definition) is 7. The molecule has 0 radical (unpaired) electrons. The van der Waals surface area contributed by atoms with Gasteiger partial charge in [-0.2, -0.15) is 0 Å². The molecule has 0 atom stereocenters. The largest absolute Gasteiger partial charge is 0.357 e. The lowest BCUT2D eigenvalue weighted by molar-refractivity contribution is -0.383. The highest BCUT2D eigenvalue weighted by Crippen LogP contribution is 2.33. The van der Waals surface area contributed by atoms with E-state index in [1.807, 2.05) is 24.3 Å². The minimum Gasteiger partial charge on any atom is -0.357 e. The van der Waals surface area contributed by atoms with Crippen molar-refractivity contribution < 1.29 is 4.92 Å². The predicted molar refractivity (Wildman–Crippen MR) is 88.0 cm³/mol. The van der Waals surface area contributed by atoms with Crippen molar-refractivity contribution in [2.24, 2.45) is 0 Å². The number of fused-ring (bicyclic) bond motifs is 1. The molecule has 0 fully saturated rings. The van der Waals surface area contributed by atoms with E-state index in [1.165, 1.54) is 6.33 Å². The van der Waals surface area contributed by atoms with Crippen LogP contribution in [0.25, 0.3) is 10.9 Å². The van der Waals surface area contributed by atoms with Gasteiger partial charge in [0.25, 0.3) is 0 Å². The molecule has 0 aliphatic carbocycles. The maximum atomic E-state index is 11.4. The van der Waals surface area contributed by atoms with Crippen LogP contribution in [-0.2, 0) is 0 Å². The number of anilines is 3. The van der Waals surface area contributed by atoms with Crippen LogP contribution in [0.1, 0.15) is 0 Å². The van der Waals surface area contributed by atoms with E-state index in [2.05, 4.69) is 20.3 Å². The van der Waals surface area contributed by atoms with Crippen molar-refractivity contribution in [2.45, 2.75) is 0 Å². The smallest absolute Gasteiger partial charge is 0.353 e. The third-order valence-electron chi connectivity index (χ3n) is 3.29. The van der Waals surface area contributed by atoms with Crippen molar-refractivity contribution >= 4 is 33.9 Å². The number of nitrogens with zero attached hydrogens (tertiary/aromatic N) is 5. The summed E-state index contributed by atoms with van der Waals surface area (Å²) in [6.07, 6.45) is 2.97. The molecule has 0 aliphatic rings. The molecule has 8 nitrogen and oxygen atoms in total. The van der Waals surface area contributed by atoms with Gasteiger partial charge in [0.1, 0.15) is 6.33 Å². The number of hydrogen-bond donors (Lipinski definition) is 1. The van der Waals surface area contributed by atoms with Crippen LogP contribution in [0, 0.1) is 10.1 Å². The molecule has 0 saturated heterocycles. The fraction of sp³-hybridized carbons (Fsp3) is 0.133. The number of nitro groups is 1. The van der Waals surface area contributed by atoms with Gasteiger partial charge in [-0.1, -0.05) is 18.2 Å². The molecule has 23 heavy (non-hydrogen) atoms. The lowest BCUT2D eigenvalue weighted by Gasteiger charge is -2.14. The van der Waals surface area contributed by atoms with E-state index < -0.39 is 4.92 Å². The highest BCUT2D eigenvalue weighted by molar-refractivity contribution is 5.92. The van der Waals surface area contributed by atoms with E-state index in [-0.39, 0.29) is 17.3 Å². The second-order valence-corrected chi connectivity index (χ2v) is 5.05. The summed E-state index contributed by atoms with van der Waals surface area (Å²) in [7, 11) is 3.39. The first kappa shape index (κ1) is 14.6. The molecule has 1 aromatic carbocycles. The number of aromatic nitrogens is 3. The summed E-state index contributed by atoms with van der Waals surface area (Å²) >= 11 is 0. The van der Waals surface area contributed by atoms with Crippen molar-refractivity contribution in [3.05, 3.63) is 53.0 Å². The quantitative estimate of drug-likeness (QED) is 0.584. The highest BCUT2D eigenvalue weighted by atomic mass is 16.6. The van der Waals surface area contributed by atoms with Crippen molar-refractivity contribution in [2.75, 3.05) is 24.3 Å². The first-order valence-electron chi connectivity index (χ1n) is 6.85. The van der Waals surface area contributed by atoms with E-state index in [9.17, 15) is 10.1 Å². The molecular formula is C15H14N6O2. The van der Waals surface area contributed by atoms with Crippen molar-refractivity contribution in [1.82, 2.24) is 15.0 Å². The topological polar surface area (TPSA) is 97.1 Å². The summed E-state index contributed by atoms with van der Waals surface area (Å²) in [5.74, 6) is 0.368. The lowest BCUT2D eigenvalue weighted by atomic mass is 10.2. The van der Waals surface area contributed by atoms with Crippen LogP contribution in [0.4, 0.5) is 23.0 Å². The van der Waals surface area contributed by atoms with Crippen LogP contribution in [0.2, 0.25) is 0 Å². The van der Waals surface area contributed by atoms with Crippen molar-refractivity contribution in [1.29, 1.82) is 0 Å². The number of para-hydroxylation sites is 1. The number of nitrogens with one attached hydrogen (secondary N) is 1. The summed E-state index contributed by atoms with van der Waals surface area (Å²) < 4.78 is 0. The molecule has 0 spiro atoms. The van der Waals surface area contributed by atoms with Gasteiger partial charge in [0, 0.05) is 25.7 Å². The first-order chi connectivity index (χ1) is 11.1. The van der Waals surface area contributed by atoms with Gasteiger partial charge in [0.2, 0.25) is 11.6 Å². The van der Waals surface area contributed by atoms with E-state index in [1.54, 1.807) is 31.3 Å². The fourth-order valence-corrected chi connectivity index (χ4v) is 2.29. The normalized spacial score (nSPS) is 10.5. The Labute approximate surface area is 132 Å². The summed E-state index contributed by atoms with van der Waals surface area (Å²) in [6, 6.07) is 9.34. The van der Waals surface area contributed by atoms with Crippen LogP contribution in [0.3, 0.4) is 0 Å². The molecule has 3 rings (SSSR count). The maximum Gasteiger partial charge on any atom is 0.353 e. The zero-order valence-electron chi connectivity index (χ0n) is 12.6. The average molecular weight is 310 g/mol. The van der Waals surface area contributed by atoms with E-state index in [0.717, 1.165) is 5.39 Å². The molecule has 2 heterocycles. The Morgan fingerprint density at radius 2 is 1.91 bits per heavy atom. The summed E-state index contributed by atoms with van der Waals surface area (Å²) in [5.41, 5.74) is 1.19. The standard InChI is InChI=1S/C15H14N6O2/c1-20(2)15-13(21(22)23)14(17-9-18-15)19-11-7-3-5-10-6-4-8-16-12(10)11/h3-9H,1-2H3,(H,17,18,19). The monoisotopic (exact) mass is 310 g/mol. The predicted octanol–water partition coefficient (Wildman–Crippen LogP) is 2.74. The van der Waals surface area contributed by atoms with Gasteiger partial charge in [0.15, 0.2) is 0 Å². The Morgan fingerprint density at radius 1 is 1.13 bits per heavy atom. The molecule has 8 heteroatoms. The Balaban J connectivity index is 2.12. The van der Waals surface area contributed by atoms with E-state index >= 15 is 0 Å². The SMILES string of the molecule is CN(C)c1ncnc(Nc2cccc3cccnc23)c1[N+](=O)[O-]. The number of rotatable bonds is 4. The van der Waals surface area contributed by atoms with Crippen molar-refractivity contribution in [3.63, 3.8) is 0 Å². The van der Waals surface area contributed by atoms with Crippen LogP contribution in [0.15, 0.2) is 42.9 Å². The van der Waals surface area contributed by atoms with Gasteiger partial charge in [-0.15, -0.1) is 0 Å². The summed E-state index contributed by atoms with van der Waals surface area (Å²) in [4.78, 5) is 24.9. The Hall–Kier alpha value is -3.29. The minimum atomic E-state index is -0.490. The average Bonchev–Trinajstić information content (AvgIpc) is 2.54. The molecule has 116 valence electrons. The minimum absolute atomic E-state index is 0.131. The molecule has 3 aromatic rings. The van der Waals surface area contributed by atoms with Crippen LogP contribution in [0.5, 0.6) is 0 Å². The molecule has 0 amide bonds. The zero-order valence-corrected chi connectivity index (χ0v) is 12.6. The van der Waals surface area contributed by atoms with Crippen LogP contribution in [-0.4, -0.2) is 34.0 Å². The first-order valence-corrected chi connectivity index (χ1v) is 6.85. The molecule has 0 saturated carbocycles. The zero-order chi connectivity index (χ0) is 16.4. The van der Waals surface area contributed by atoms with Crippen LogP contribution >= 0.6 is 0 Å². The van der Waals surface area contributed by atoms with Gasteiger partial charge in [-0.05, 0) is 12.1 Å². The molecule has 0 unspecified atom stereocenters. The Morgan fingerprint density at radius 3 is 2.65 bits per heavy atom. The third-order valence-corrected chi connectivity index (χ3v) is 3.29. The number of benzene rings is 1. The molecular weight excluding hydrogens is 296 g/mol. The second kappa shape index (κ2) is 5.84. The Kier molecular flexibility index (Phi) is 3.71. The summed E-state index contributed by atoms with van der Waals surface area (Å²) in [6.45, 7) is 0. The highest BCUT2D eigenvalue weighted by Gasteiger charge is 2.24.